The summed E-state index contributed by atoms with van der Waals surface area (Å²) >= 11 is 0. The molecule has 0 saturated heterocycles. The monoisotopic (exact) mass is 340 g/mol. The van der Waals surface area contributed by atoms with E-state index in [0.717, 1.165) is 24.8 Å². The van der Waals surface area contributed by atoms with Gasteiger partial charge in [0.25, 0.3) is 0 Å². The minimum Gasteiger partial charge on any atom is -0.462 e. The van der Waals surface area contributed by atoms with E-state index in [1.54, 1.807) is 12.1 Å². The number of rotatable bonds is 10. The van der Waals surface area contributed by atoms with Gasteiger partial charge in [-0.3, -0.25) is 0 Å². The highest BCUT2D eigenvalue weighted by Crippen LogP contribution is 2.16. The van der Waals surface area contributed by atoms with Crippen molar-refractivity contribution < 1.29 is 9.53 Å². The van der Waals surface area contributed by atoms with E-state index >= 15 is 0 Å². The molecule has 0 fully saturated rings. The molecule has 4 heteroatoms. The van der Waals surface area contributed by atoms with E-state index in [9.17, 15) is 4.79 Å². The van der Waals surface area contributed by atoms with Gasteiger partial charge in [0.1, 0.15) is 0 Å². The summed E-state index contributed by atoms with van der Waals surface area (Å²) in [4.78, 5) is 20.8. The minimum atomic E-state index is -0.275. The summed E-state index contributed by atoms with van der Waals surface area (Å²) in [5.74, 6) is 0.409. The molecule has 0 N–H and O–H groups in total. The van der Waals surface area contributed by atoms with E-state index < -0.39 is 0 Å². The summed E-state index contributed by atoms with van der Waals surface area (Å²) in [5, 5.41) is 0. The molecule has 25 heavy (non-hydrogen) atoms. The van der Waals surface area contributed by atoms with Crippen LogP contribution in [0.3, 0.4) is 0 Å². The molecule has 2 aromatic rings. The Morgan fingerprint density at radius 3 is 2.24 bits per heavy atom. The van der Waals surface area contributed by atoms with Crippen LogP contribution in [0.5, 0.6) is 0 Å². The van der Waals surface area contributed by atoms with Crippen molar-refractivity contribution in [3.8, 4) is 11.4 Å². The third-order valence-electron chi connectivity index (χ3n) is 4.13. The quantitative estimate of drug-likeness (QED) is 0.439. The largest absolute Gasteiger partial charge is 0.462 e. The van der Waals surface area contributed by atoms with Gasteiger partial charge in [0, 0.05) is 18.0 Å². The van der Waals surface area contributed by atoms with Crippen LogP contribution in [-0.4, -0.2) is 22.5 Å². The fourth-order valence-electron chi connectivity index (χ4n) is 2.54. The summed E-state index contributed by atoms with van der Waals surface area (Å²) in [6, 6.07) is 7.27. The number of carbonyl (C=O) groups is 1. The second-order valence-electron chi connectivity index (χ2n) is 6.29. The number of esters is 1. The van der Waals surface area contributed by atoms with Gasteiger partial charge in [-0.05, 0) is 37.0 Å². The first-order valence-corrected chi connectivity index (χ1v) is 9.33. The Hall–Kier alpha value is -2.23. The van der Waals surface area contributed by atoms with Crippen molar-refractivity contribution in [1.82, 2.24) is 9.97 Å². The molecule has 0 aliphatic heterocycles. The van der Waals surface area contributed by atoms with Gasteiger partial charge in [-0.15, -0.1) is 0 Å². The number of unbranched alkanes of at least 4 members (excludes halogenated alkanes) is 4. The molecule has 0 aliphatic carbocycles. The van der Waals surface area contributed by atoms with E-state index in [-0.39, 0.29) is 5.97 Å². The van der Waals surface area contributed by atoms with Gasteiger partial charge in [-0.2, -0.15) is 0 Å². The third-order valence-corrected chi connectivity index (χ3v) is 4.13. The van der Waals surface area contributed by atoms with E-state index in [1.165, 1.54) is 31.2 Å². The van der Waals surface area contributed by atoms with Crippen molar-refractivity contribution in [2.45, 2.75) is 58.8 Å². The molecule has 0 atom stereocenters. The second-order valence-corrected chi connectivity index (χ2v) is 6.29. The summed E-state index contributed by atoms with van der Waals surface area (Å²) in [6.45, 7) is 4.76. The molecule has 0 spiro atoms. The Kier molecular flexibility index (Phi) is 8.10. The second kappa shape index (κ2) is 10.6. The Morgan fingerprint density at radius 2 is 1.60 bits per heavy atom. The maximum absolute atomic E-state index is 11.9. The lowest BCUT2D eigenvalue weighted by molar-refractivity contribution is 0.0500. The number of aryl methyl sites for hydroxylation is 1. The molecule has 1 aromatic heterocycles. The maximum atomic E-state index is 11.9. The Bertz CT molecular complexity index is 636. The zero-order valence-corrected chi connectivity index (χ0v) is 15.3. The predicted octanol–water partition coefficient (Wildman–Crippen LogP) is 5.22. The molecule has 0 bridgehead atoms. The van der Waals surface area contributed by atoms with Crippen molar-refractivity contribution in [3.05, 3.63) is 47.8 Å². The van der Waals surface area contributed by atoms with Gasteiger partial charge in [0.15, 0.2) is 5.82 Å². The van der Waals surface area contributed by atoms with E-state index in [1.807, 2.05) is 24.5 Å². The van der Waals surface area contributed by atoms with Crippen LogP contribution < -0.4 is 0 Å². The molecule has 0 amide bonds. The van der Waals surface area contributed by atoms with Gasteiger partial charge in [-0.25, -0.2) is 14.8 Å². The lowest BCUT2D eigenvalue weighted by atomic mass is 10.1. The lowest BCUT2D eigenvalue weighted by Crippen LogP contribution is -2.06. The summed E-state index contributed by atoms with van der Waals surface area (Å²) < 4.78 is 5.21. The third kappa shape index (κ3) is 6.29. The van der Waals surface area contributed by atoms with Crippen LogP contribution in [0.25, 0.3) is 11.4 Å². The Morgan fingerprint density at radius 1 is 0.920 bits per heavy atom. The molecule has 0 aliphatic rings. The maximum Gasteiger partial charge on any atom is 0.338 e. The lowest BCUT2D eigenvalue weighted by Gasteiger charge is -2.06. The number of hydrogen-bond acceptors (Lipinski definition) is 4. The molecular weight excluding hydrogens is 312 g/mol. The summed E-state index contributed by atoms with van der Waals surface area (Å²) in [7, 11) is 0. The molecule has 0 radical (unpaired) electrons. The number of ether oxygens (including phenoxy) is 1. The van der Waals surface area contributed by atoms with Crippen LogP contribution in [-0.2, 0) is 11.2 Å². The summed E-state index contributed by atoms with van der Waals surface area (Å²) in [6.07, 6.45) is 11.7. The highest BCUT2D eigenvalue weighted by atomic mass is 16.5. The van der Waals surface area contributed by atoms with Gasteiger partial charge < -0.3 is 4.74 Å². The SMILES string of the molecule is CCCCCCc1cnc(-c2ccc(C(=O)OCCCC)cc2)nc1. The zero-order valence-electron chi connectivity index (χ0n) is 15.3. The van der Waals surface area contributed by atoms with Crippen molar-refractivity contribution in [2.75, 3.05) is 6.61 Å². The van der Waals surface area contributed by atoms with Crippen LogP contribution in [0.1, 0.15) is 68.3 Å². The van der Waals surface area contributed by atoms with E-state index in [0.29, 0.717) is 18.0 Å². The number of carbonyl (C=O) groups excluding carboxylic acids is 1. The topological polar surface area (TPSA) is 52.1 Å². The predicted molar refractivity (Wildman–Crippen MR) is 101 cm³/mol. The number of benzene rings is 1. The minimum absolute atomic E-state index is 0.275. The van der Waals surface area contributed by atoms with Crippen LogP contribution in [0.2, 0.25) is 0 Å². The average Bonchev–Trinajstić information content (AvgIpc) is 2.66. The van der Waals surface area contributed by atoms with Crippen molar-refractivity contribution in [1.29, 1.82) is 0 Å². The molecule has 0 saturated carbocycles. The molecule has 1 heterocycles. The summed E-state index contributed by atoms with van der Waals surface area (Å²) in [5.41, 5.74) is 2.64. The molecule has 2 rings (SSSR count). The van der Waals surface area contributed by atoms with Crippen molar-refractivity contribution >= 4 is 5.97 Å². The van der Waals surface area contributed by atoms with Crippen LogP contribution >= 0.6 is 0 Å². The highest BCUT2D eigenvalue weighted by molar-refractivity contribution is 5.89. The molecule has 1 aromatic carbocycles. The molecule has 0 unspecified atom stereocenters. The van der Waals surface area contributed by atoms with Crippen LogP contribution in [0, 0.1) is 0 Å². The fraction of sp³-hybridized carbons (Fsp3) is 0.476. The smallest absolute Gasteiger partial charge is 0.338 e. The normalized spacial score (nSPS) is 10.6. The van der Waals surface area contributed by atoms with Crippen molar-refractivity contribution in [2.24, 2.45) is 0 Å². The number of hydrogen-bond donors (Lipinski definition) is 0. The Labute approximate surface area is 150 Å². The van der Waals surface area contributed by atoms with Crippen LogP contribution in [0.4, 0.5) is 0 Å². The van der Waals surface area contributed by atoms with E-state index in [2.05, 4.69) is 23.8 Å². The van der Waals surface area contributed by atoms with Crippen LogP contribution in [0.15, 0.2) is 36.7 Å². The van der Waals surface area contributed by atoms with E-state index in [4.69, 9.17) is 4.74 Å². The Balaban J connectivity index is 1.91. The van der Waals surface area contributed by atoms with Gasteiger partial charge in [-0.1, -0.05) is 51.7 Å². The van der Waals surface area contributed by atoms with Crippen molar-refractivity contribution in [3.63, 3.8) is 0 Å². The number of nitrogens with zero attached hydrogens (tertiary/aromatic N) is 2. The number of aromatic nitrogens is 2. The molecular formula is C21H28N2O2. The highest BCUT2D eigenvalue weighted by Gasteiger charge is 2.08. The van der Waals surface area contributed by atoms with Gasteiger partial charge in [0.2, 0.25) is 0 Å². The first-order valence-electron chi connectivity index (χ1n) is 9.33. The zero-order chi connectivity index (χ0) is 17.9. The molecule has 134 valence electrons. The average molecular weight is 340 g/mol. The first kappa shape index (κ1) is 19.1. The standard InChI is InChI=1S/C21H28N2O2/c1-3-5-7-8-9-17-15-22-20(23-16-17)18-10-12-19(13-11-18)21(24)25-14-6-4-2/h10-13,15-16H,3-9,14H2,1-2H3. The van der Waals surface area contributed by atoms with Gasteiger partial charge in [0.05, 0.1) is 12.2 Å². The van der Waals surface area contributed by atoms with Gasteiger partial charge >= 0.3 is 5.97 Å². The molecule has 4 nitrogen and oxygen atoms in total. The first-order chi connectivity index (χ1) is 12.2. The fourth-order valence-corrected chi connectivity index (χ4v) is 2.54.